The minimum atomic E-state index is 0.939. The van der Waals surface area contributed by atoms with Crippen LogP contribution in [0.15, 0.2) is 134 Å². The summed E-state index contributed by atoms with van der Waals surface area (Å²) in [6.07, 6.45) is 10.9. The van der Waals surface area contributed by atoms with Gasteiger partial charge in [-0.05, 0) is 107 Å². The smallest absolute Gasteiger partial charge is 0.145 e. The third-order valence-corrected chi connectivity index (χ3v) is 9.07. The summed E-state index contributed by atoms with van der Waals surface area (Å²) in [7, 11) is 0. The summed E-state index contributed by atoms with van der Waals surface area (Å²) in [5, 5.41) is 4.71. The van der Waals surface area contributed by atoms with Crippen molar-refractivity contribution < 1.29 is 0 Å². The summed E-state index contributed by atoms with van der Waals surface area (Å²) in [6.45, 7) is 4.37. The maximum atomic E-state index is 5.52. The lowest BCUT2D eigenvalue weighted by atomic mass is 9.94. The second-order valence-electron chi connectivity index (χ2n) is 12.1. The van der Waals surface area contributed by atoms with Gasteiger partial charge in [0.1, 0.15) is 5.82 Å². The van der Waals surface area contributed by atoms with Crippen LogP contribution in [0.1, 0.15) is 30.9 Å². The van der Waals surface area contributed by atoms with E-state index in [1.54, 1.807) is 0 Å². The molecule has 0 aliphatic rings. The van der Waals surface area contributed by atoms with Crippen molar-refractivity contribution in [2.24, 2.45) is 0 Å². The van der Waals surface area contributed by atoms with Gasteiger partial charge < -0.3 is 0 Å². The first-order valence-corrected chi connectivity index (χ1v) is 16.1. The monoisotopic (exact) mass is 594 g/mol. The first-order valence-electron chi connectivity index (χ1n) is 16.1. The van der Waals surface area contributed by atoms with Crippen LogP contribution in [0.25, 0.3) is 71.9 Å². The van der Waals surface area contributed by atoms with Gasteiger partial charge >= 0.3 is 0 Å². The van der Waals surface area contributed by atoms with Gasteiger partial charge in [-0.15, -0.1) is 0 Å². The molecular formula is C42H34N4. The Labute approximate surface area is 269 Å². The van der Waals surface area contributed by atoms with Crippen molar-refractivity contribution in [3.8, 4) is 39.3 Å². The molecule has 0 aliphatic heterocycles. The highest BCUT2D eigenvalue weighted by Crippen LogP contribution is 2.41. The lowest BCUT2D eigenvalue weighted by Gasteiger charge is -2.15. The topological polar surface area (TPSA) is 43.6 Å². The van der Waals surface area contributed by atoms with E-state index >= 15 is 0 Å². The Morgan fingerprint density at radius 3 is 1.72 bits per heavy atom. The van der Waals surface area contributed by atoms with Crippen molar-refractivity contribution in [2.75, 3.05) is 0 Å². The van der Waals surface area contributed by atoms with Gasteiger partial charge in [-0.2, -0.15) is 0 Å². The fourth-order valence-electron chi connectivity index (χ4n) is 6.59. The fourth-order valence-corrected chi connectivity index (χ4v) is 6.59. The minimum absolute atomic E-state index is 0.939. The van der Waals surface area contributed by atoms with E-state index in [0.717, 1.165) is 62.2 Å². The Morgan fingerprint density at radius 2 is 1.11 bits per heavy atom. The van der Waals surface area contributed by atoms with Crippen LogP contribution in [0, 0.1) is 6.92 Å². The zero-order valence-electron chi connectivity index (χ0n) is 26.1. The number of aromatic nitrogens is 4. The molecule has 0 N–H and O–H groups in total. The van der Waals surface area contributed by atoms with E-state index in [0.29, 0.717) is 0 Å². The van der Waals surface area contributed by atoms with Crippen molar-refractivity contribution in [3.05, 3.63) is 145 Å². The number of nitrogens with zero attached hydrogens (tertiary/aromatic N) is 4. The quantitative estimate of drug-likeness (QED) is 0.172. The molecule has 8 rings (SSSR count). The number of unbranched alkanes of at least 4 members (excludes halogenated alkanes) is 1. The molecule has 3 heterocycles. The molecule has 3 aromatic heterocycles. The maximum absolute atomic E-state index is 5.52. The van der Waals surface area contributed by atoms with Gasteiger partial charge in [-0.1, -0.05) is 79.6 Å². The number of hydrogen-bond acceptors (Lipinski definition) is 3. The van der Waals surface area contributed by atoms with Crippen LogP contribution in [0.4, 0.5) is 0 Å². The van der Waals surface area contributed by atoms with Crippen molar-refractivity contribution in [3.63, 3.8) is 0 Å². The number of fused-ring (bicyclic) bond motifs is 6. The molecule has 0 radical (unpaired) electrons. The highest BCUT2D eigenvalue weighted by atomic mass is 15.1. The Kier molecular flexibility index (Phi) is 7.11. The van der Waals surface area contributed by atoms with Crippen LogP contribution in [0.3, 0.4) is 0 Å². The minimum Gasteiger partial charge on any atom is -0.292 e. The number of imidazole rings is 1. The predicted molar refractivity (Wildman–Crippen MR) is 191 cm³/mol. The Morgan fingerprint density at radius 1 is 0.543 bits per heavy atom. The molecule has 0 unspecified atom stereocenters. The zero-order chi connectivity index (χ0) is 31.0. The standard InChI is InChI=1S/C42H34N4/c1-3-4-5-29-8-14-35(15-9-29)46-41-39-27-34(31-20-24-44-25-21-31)13-17-37(39)36-16-12-33(30-18-22-43-23-19-30)26-38(36)40(41)45-42(46)32-10-6-28(2)7-11-32/h6-27H,3-5H2,1-2H3. The molecule has 0 saturated carbocycles. The Bertz CT molecular complexity index is 2320. The maximum Gasteiger partial charge on any atom is 0.145 e. The van der Waals surface area contributed by atoms with Gasteiger partial charge in [-0.3, -0.25) is 14.5 Å². The summed E-state index contributed by atoms with van der Waals surface area (Å²) in [5.41, 5.74) is 11.5. The molecule has 0 amide bonds. The van der Waals surface area contributed by atoms with E-state index in [2.05, 4.69) is 138 Å². The number of pyridine rings is 2. The molecule has 8 aromatic rings. The number of aryl methyl sites for hydroxylation is 2. The van der Waals surface area contributed by atoms with E-state index in [1.807, 2.05) is 24.8 Å². The Balaban J connectivity index is 1.50. The van der Waals surface area contributed by atoms with Crippen molar-refractivity contribution in [2.45, 2.75) is 33.1 Å². The number of benzene rings is 5. The van der Waals surface area contributed by atoms with E-state index in [-0.39, 0.29) is 0 Å². The van der Waals surface area contributed by atoms with Crippen molar-refractivity contribution >= 4 is 32.6 Å². The molecular weight excluding hydrogens is 560 g/mol. The van der Waals surface area contributed by atoms with Crippen LogP contribution in [0.2, 0.25) is 0 Å². The molecule has 46 heavy (non-hydrogen) atoms. The summed E-state index contributed by atoms with van der Waals surface area (Å²) in [4.78, 5) is 14.0. The molecule has 0 atom stereocenters. The Hall–Kier alpha value is -5.61. The number of hydrogen-bond donors (Lipinski definition) is 0. The lowest BCUT2D eigenvalue weighted by molar-refractivity contribution is 0.795. The molecule has 4 heteroatoms. The first kappa shape index (κ1) is 27.9. The highest BCUT2D eigenvalue weighted by molar-refractivity contribution is 6.25. The summed E-state index contributed by atoms with van der Waals surface area (Å²) in [6, 6.07) is 39.7. The molecule has 0 fully saturated rings. The van der Waals surface area contributed by atoms with Gasteiger partial charge in [0.15, 0.2) is 0 Å². The average Bonchev–Trinajstić information content (AvgIpc) is 3.53. The third kappa shape index (κ3) is 4.93. The fraction of sp³-hybridized carbons (Fsp3) is 0.119. The average molecular weight is 595 g/mol. The molecule has 0 spiro atoms. The van der Waals surface area contributed by atoms with Crippen LogP contribution >= 0.6 is 0 Å². The van der Waals surface area contributed by atoms with E-state index < -0.39 is 0 Å². The highest BCUT2D eigenvalue weighted by Gasteiger charge is 2.21. The predicted octanol–water partition coefficient (Wildman–Crippen LogP) is 10.8. The van der Waals surface area contributed by atoms with Crippen LogP contribution < -0.4 is 0 Å². The van der Waals surface area contributed by atoms with Crippen LogP contribution in [-0.4, -0.2) is 19.5 Å². The van der Waals surface area contributed by atoms with Crippen LogP contribution in [-0.2, 0) is 6.42 Å². The second-order valence-corrected chi connectivity index (χ2v) is 12.1. The zero-order valence-corrected chi connectivity index (χ0v) is 26.1. The normalized spacial score (nSPS) is 11.5. The molecule has 0 saturated heterocycles. The van der Waals surface area contributed by atoms with Gasteiger partial charge in [-0.25, -0.2) is 4.98 Å². The van der Waals surface area contributed by atoms with Crippen molar-refractivity contribution in [1.29, 1.82) is 0 Å². The lowest BCUT2D eigenvalue weighted by Crippen LogP contribution is -1.99. The third-order valence-electron chi connectivity index (χ3n) is 9.07. The van der Waals surface area contributed by atoms with E-state index in [4.69, 9.17) is 4.98 Å². The molecule has 0 bridgehead atoms. The second kappa shape index (κ2) is 11.7. The summed E-state index contributed by atoms with van der Waals surface area (Å²) < 4.78 is 2.38. The largest absolute Gasteiger partial charge is 0.292 e. The first-order chi connectivity index (χ1) is 22.7. The van der Waals surface area contributed by atoms with Gasteiger partial charge in [0, 0.05) is 46.8 Å². The number of rotatable bonds is 7. The molecule has 5 aromatic carbocycles. The molecule has 0 aliphatic carbocycles. The van der Waals surface area contributed by atoms with E-state index in [9.17, 15) is 0 Å². The van der Waals surface area contributed by atoms with E-state index in [1.165, 1.54) is 40.1 Å². The van der Waals surface area contributed by atoms with Gasteiger partial charge in [0.05, 0.1) is 11.0 Å². The SMILES string of the molecule is CCCCc1ccc(-n2c(-c3ccc(C)cc3)nc3c4cc(-c5ccncc5)ccc4c4ccc(-c5ccncc5)cc4c32)cc1. The van der Waals surface area contributed by atoms with Crippen molar-refractivity contribution in [1.82, 2.24) is 19.5 Å². The van der Waals surface area contributed by atoms with Gasteiger partial charge in [0.2, 0.25) is 0 Å². The van der Waals surface area contributed by atoms with Gasteiger partial charge in [0.25, 0.3) is 0 Å². The van der Waals surface area contributed by atoms with Crippen LogP contribution in [0.5, 0.6) is 0 Å². The molecule has 4 nitrogen and oxygen atoms in total. The molecule has 222 valence electrons. The summed E-state index contributed by atoms with van der Waals surface area (Å²) >= 11 is 0. The summed E-state index contributed by atoms with van der Waals surface area (Å²) in [5.74, 6) is 0.939.